The summed E-state index contributed by atoms with van der Waals surface area (Å²) < 4.78 is 5.76. The third-order valence-electron chi connectivity index (χ3n) is 5.71. The van der Waals surface area contributed by atoms with Crippen LogP contribution < -0.4 is 0 Å². The van der Waals surface area contributed by atoms with Gasteiger partial charge in [-0.15, -0.1) is 0 Å². The molecule has 3 rings (SSSR count). The zero-order valence-electron chi connectivity index (χ0n) is 12.2. The monoisotopic (exact) mass is 295 g/mol. The fourth-order valence-electron chi connectivity index (χ4n) is 3.89. The molecule has 0 saturated heterocycles. The molecular weight excluding hydrogens is 274 g/mol. The molecule has 0 aliphatic heterocycles. The SMILES string of the molecule is CC1(C)[C@H]2CC[C@@]1(C)[C@@H](OC(=O)CSc1ncn[nH]1)C2. The highest BCUT2D eigenvalue weighted by molar-refractivity contribution is 7.99. The molecule has 110 valence electrons. The van der Waals surface area contributed by atoms with Crippen LogP contribution in [-0.4, -0.2) is 33.0 Å². The smallest absolute Gasteiger partial charge is 0.316 e. The quantitative estimate of drug-likeness (QED) is 0.683. The molecular formula is C14H21N3O2S. The second-order valence-corrected chi connectivity index (χ2v) is 7.63. The van der Waals surface area contributed by atoms with Crippen LogP contribution in [0.15, 0.2) is 11.5 Å². The van der Waals surface area contributed by atoms with E-state index in [1.54, 1.807) is 0 Å². The first-order valence-corrected chi connectivity index (χ1v) is 8.10. The van der Waals surface area contributed by atoms with E-state index in [9.17, 15) is 4.79 Å². The van der Waals surface area contributed by atoms with Crippen molar-refractivity contribution in [3.8, 4) is 0 Å². The molecule has 6 heteroatoms. The van der Waals surface area contributed by atoms with E-state index in [-0.39, 0.29) is 28.7 Å². The average molecular weight is 295 g/mol. The van der Waals surface area contributed by atoms with Gasteiger partial charge in [-0.2, -0.15) is 5.10 Å². The van der Waals surface area contributed by atoms with Gasteiger partial charge in [0, 0.05) is 5.41 Å². The van der Waals surface area contributed by atoms with Crippen molar-refractivity contribution in [2.24, 2.45) is 16.7 Å². The van der Waals surface area contributed by atoms with E-state index in [0.717, 1.165) is 12.8 Å². The zero-order valence-corrected chi connectivity index (χ0v) is 13.0. The average Bonchev–Trinajstić information content (AvgIpc) is 3.02. The van der Waals surface area contributed by atoms with E-state index in [2.05, 4.69) is 36.0 Å². The summed E-state index contributed by atoms with van der Waals surface area (Å²) in [5.41, 5.74) is 0.403. The molecule has 0 aromatic carbocycles. The first-order chi connectivity index (χ1) is 9.43. The molecule has 0 unspecified atom stereocenters. The van der Waals surface area contributed by atoms with Gasteiger partial charge in [-0.25, -0.2) is 4.98 Å². The Bertz CT molecular complexity index is 503. The van der Waals surface area contributed by atoms with Crippen molar-refractivity contribution in [3.05, 3.63) is 6.33 Å². The van der Waals surface area contributed by atoms with E-state index in [0.29, 0.717) is 11.1 Å². The molecule has 2 aliphatic rings. The number of carbonyl (C=O) groups is 1. The highest BCUT2D eigenvalue weighted by Crippen LogP contribution is 2.66. The highest BCUT2D eigenvalue weighted by atomic mass is 32.2. The van der Waals surface area contributed by atoms with Crippen molar-refractivity contribution in [2.75, 3.05) is 5.75 Å². The third kappa shape index (κ3) is 2.05. The number of aromatic amines is 1. The Kier molecular flexibility index (Phi) is 3.31. The van der Waals surface area contributed by atoms with Gasteiger partial charge in [-0.1, -0.05) is 32.5 Å². The number of hydrogen-bond acceptors (Lipinski definition) is 5. The predicted octanol–water partition coefficient (Wildman–Crippen LogP) is 2.65. The summed E-state index contributed by atoms with van der Waals surface area (Å²) in [5.74, 6) is 0.820. The lowest BCUT2D eigenvalue weighted by atomic mass is 9.70. The Morgan fingerprint density at radius 1 is 1.55 bits per heavy atom. The summed E-state index contributed by atoms with van der Waals surface area (Å²) in [6.07, 6.45) is 4.96. The second kappa shape index (κ2) is 4.76. The van der Waals surface area contributed by atoms with Crippen molar-refractivity contribution in [2.45, 2.75) is 51.3 Å². The van der Waals surface area contributed by atoms with E-state index >= 15 is 0 Å². The van der Waals surface area contributed by atoms with Gasteiger partial charge in [0.2, 0.25) is 0 Å². The van der Waals surface area contributed by atoms with Gasteiger partial charge in [0.05, 0.1) is 5.75 Å². The molecule has 3 atom stereocenters. The van der Waals surface area contributed by atoms with Crippen LogP contribution in [0.4, 0.5) is 0 Å². The highest BCUT2D eigenvalue weighted by Gasteiger charge is 2.62. The topological polar surface area (TPSA) is 67.9 Å². The van der Waals surface area contributed by atoms with E-state index in [1.165, 1.54) is 24.5 Å². The van der Waals surface area contributed by atoms with Crippen molar-refractivity contribution >= 4 is 17.7 Å². The fraction of sp³-hybridized carbons (Fsp3) is 0.786. The summed E-state index contributed by atoms with van der Waals surface area (Å²) >= 11 is 1.33. The first kappa shape index (κ1) is 13.9. The lowest BCUT2D eigenvalue weighted by molar-refractivity contribution is -0.153. The molecule has 1 aromatic rings. The molecule has 2 aliphatic carbocycles. The Balaban J connectivity index is 1.58. The number of carbonyl (C=O) groups excluding carboxylic acids is 1. The molecule has 20 heavy (non-hydrogen) atoms. The Labute approximate surface area is 123 Å². The Hall–Kier alpha value is -1.04. The van der Waals surface area contributed by atoms with Gasteiger partial charge in [0.1, 0.15) is 12.4 Å². The van der Waals surface area contributed by atoms with Crippen molar-refractivity contribution in [1.29, 1.82) is 0 Å². The summed E-state index contributed by atoms with van der Waals surface area (Å²) in [6.45, 7) is 6.92. The van der Waals surface area contributed by atoms with Crippen LogP contribution in [0.25, 0.3) is 0 Å². The van der Waals surface area contributed by atoms with Crippen molar-refractivity contribution in [3.63, 3.8) is 0 Å². The third-order valence-corrected chi connectivity index (χ3v) is 6.56. The molecule has 1 N–H and O–H groups in total. The minimum absolute atomic E-state index is 0.0686. The lowest BCUT2D eigenvalue weighted by Gasteiger charge is -2.38. The van der Waals surface area contributed by atoms with Gasteiger partial charge in [0.25, 0.3) is 0 Å². The van der Waals surface area contributed by atoms with E-state index in [4.69, 9.17) is 4.74 Å². The number of thioether (sulfide) groups is 1. The maximum absolute atomic E-state index is 12.0. The van der Waals surface area contributed by atoms with Crippen LogP contribution in [-0.2, 0) is 9.53 Å². The Morgan fingerprint density at radius 3 is 2.90 bits per heavy atom. The number of H-pyrrole nitrogens is 1. The van der Waals surface area contributed by atoms with E-state index in [1.807, 2.05) is 0 Å². The van der Waals surface area contributed by atoms with Crippen LogP contribution in [0.5, 0.6) is 0 Å². The number of nitrogens with one attached hydrogen (secondary N) is 1. The number of ether oxygens (including phenoxy) is 1. The number of nitrogens with zero attached hydrogens (tertiary/aromatic N) is 2. The fourth-order valence-corrected chi connectivity index (χ4v) is 4.45. The second-order valence-electron chi connectivity index (χ2n) is 6.67. The molecule has 0 amide bonds. The van der Waals surface area contributed by atoms with Crippen LogP contribution in [0, 0.1) is 16.7 Å². The standard InChI is InChI=1S/C14H21N3O2S/c1-13(2)9-4-5-14(13,3)10(6-9)19-11(18)7-20-12-15-8-16-17-12/h8-10H,4-7H2,1-3H3,(H,15,16,17)/t9-,10-,14-/m0/s1. The number of esters is 1. The molecule has 5 nitrogen and oxygen atoms in total. The van der Waals surface area contributed by atoms with Gasteiger partial charge < -0.3 is 4.74 Å². The largest absolute Gasteiger partial charge is 0.461 e. The predicted molar refractivity (Wildman–Crippen MR) is 76.2 cm³/mol. The van der Waals surface area contributed by atoms with Gasteiger partial charge in [-0.05, 0) is 30.6 Å². The number of aromatic nitrogens is 3. The number of rotatable bonds is 4. The van der Waals surface area contributed by atoms with Crippen LogP contribution >= 0.6 is 11.8 Å². The lowest BCUT2D eigenvalue weighted by Crippen LogP contribution is -2.38. The number of fused-ring (bicyclic) bond motifs is 2. The summed E-state index contributed by atoms with van der Waals surface area (Å²) in [7, 11) is 0. The van der Waals surface area contributed by atoms with E-state index < -0.39 is 0 Å². The van der Waals surface area contributed by atoms with Gasteiger partial charge in [-0.3, -0.25) is 9.89 Å². The molecule has 2 fully saturated rings. The number of hydrogen-bond donors (Lipinski definition) is 1. The molecule has 2 saturated carbocycles. The summed E-state index contributed by atoms with van der Waals surface area (Å²) in [5, 5.41) is 7.14. The maximum Gasteiger partial charge on any atom is 0.316 e. The molecule has 1 heterocycles. The van der Waals surface area contributed by atoms with Crippen molar-refractivity contribution in [1.82, 2.24) is 15.2 Å². The molecule has 2 bridgehead atoms. The zero-order chi connectivity index (χ0) is 14.4. The molecule has 1 aromatic heterocycles. The first-order valence-electron chi connectivity index (χ1n) is 7.11. The molecule has 0 radical (unpaired) electrons. The minimum atomic E-state index is -0.152. The maximum atomic E-state index is 12.0. The van der Waals surface area contributed by atoms with Gasteiger partial charge >= 0.3 is 5.97 Å². The summed E-state index contributed by atoms with van der Waals surface area (Å²) in [6, 6.07) is 0. The van der Waals surface area contributed by atoms with Crippen LogP contribution in [0.2, 0.25) is 0 Å². The normalized spacial score (nSPS) is 34.4. The summed E-state index contributed by atoms with van der Waals surface area (Å²) in [4.78, 5) is 16.0. The minimum Gasteiger partial charge on any atom is -0.461 e. The van der Waals surface area contributed by atoms with Crippen molar-refractivity contribution < 1.29 is 9.53 Å². The Morgan fingerprint density at radius 2 is 2.35 bits per heavy atom. The van der Waals surface area contributed by atoms with Crippen LogP contribution in [0.3, 0.4) is 0 Å². The van der Waals surface area contributed by atoms with Gasteiger partial charge in [0.15, 0.2) is 5.16 Å². The molecule has 0 spiro atoms. The van der Waals surface area contributed by atoms with Crippen LogP contribution in [0.1, 0.15) is 40.0 Å².